The zero-order valence-electron chi connectivity index (χ0n) is 11.5. The van der Waals surface area contributed by atoms with E-state index in [1.165, 1.54) is 6.42 Å². The van der Waals surface area contributed by atoms with E-state index in [-0.39, 0.29) is 17.4 Å². The maximum Gasteiger partial charge on any atom is 0.144 e. The third-order valence-corrected chi connectivity index (χ3v) is 4.00. The van der Waals surface area contributed by atoms with Crippen LogP contribution >= 0.6 is 0 Å². The van der Waals surface area contributed by atoms with Crippen molar-refractivity contribution in [1.82, 2.24) is 5.32 Å². The highest BCUT2D eigenvalue weighted by Crippen LogP contribution is 2.24. The molecule has 5 N–H and O–H groups in total. The van der Waals surface area contributed by atoms with Crippen LogP contribution in [0.1, 0.15) is 46.0 Å². The molecule has 5 heteroatoms. The second kappa shape index (κ2) is 6.95. The number of amidine groups is 1. The number of hydrogen-bond acceptors (Lipinski definition) is 4. The van der Waals surface area contributed by atoms with E-state index in [2.05, 4.69) is 10.5 Å². The van der Waals surface area contributed by atoms with Crippen LogP contribution in [-0.4, -0.2) is 35.3 Å². The van der Waals surface area contributed by atoms with Crippen molar-refractivity contribution in [2.24, 2.45) is 22.2 Å². The predicted octanol–water partition coefficient (Wildman–Crippen LogP) is 1.29. The Balaban J connectivity index is 2.22. The molecule has 0 bridgehead atoms. The van der Waals surface area contributed by atoms with Crippen LogP contribution in [0.4, 0.5) is 0 Å². The minimum Gasteiger partial charge on any atom is -0.409 e. The van der Waals surface area contributed by atoms with E-state index in [1.807, 2.05) is 13.8 Å². The Kier molecular flexibility index (Phi) is 5.88. The molecule has 1 aliphatic rings. The number of oxime groups is 1. The highest BCUT2D eigenvalue weighted by atomic mass is 16.4. The molecule has 2 atom stereocenters. The SMILES string of the molecule is CC(C)(CCNCC1CCCCC1O)C(N)=NO. The summed E-state index contributed by atoms with van der Waals surface area (Å²) in [6.45, 7) is 5.58. The van der Waals surface area contributed by atoms with E-state index in [0.29, 0.717) is 5.92 Å². The molecule has 0 saturated heterocycles. The van der Waals surface area contributed by atoms with Crippen molar-refractivity contribution in [3.63, 3.8) is 0 Å². The first kappa shape index (κ1) is 15.2. The summed E-state index contributed by atoms with van der Waals surface area (Å²) in [6.07, 6.45) is 5.07. The molecule has 1 saturated carbocycles. The summed E-state index contributed by atoms with van der Waals surface area (Å²) in [6, 6.07) is 0. The van der Waals surface area contributed by atoms with Gasteiger partial charge in [0.25, 0.3) is 0 Å². The molecule has 0 aliphatic heterocycles. The molecule has 2 unspecified atom stereocenters. The van der Waals surface area contributed by atoms with Gasteiger partial charge < -0.3 is 21.4 Å². The van der Waals surface area contributed by atoms with E-state index in [1.54, 1.807) is 0 Å². The number of nitrogens with one attached hydrogen (secondary N) is 1. The van der Waals surface area contributed by atoms with Gasteiger partial charge in [-0.1, -0.05) is 31.8 Å². The molecule has 0 heterocycles. The normalized spacial score (nSPS) is 26.3. The van der Waals surface area contributed by atoms with Gasteiger partial charge in [0, 0.05) is 12.0 Å². The topological polar surface area (TPSA) is 90.9 Å². The molecular formula is C13H27N3O2. The van der Waals surface area contributed by atoms with Crippen molar-refractivity contribution in [3.8, 4) is 0 Å². The molecule has 0 aromatic carbocycles. The first-order valence-electron chi connectivity index (χ1n) is 6.84. The summed E-state index contributed by atoms with van der Waals surface area (Å²) in [4.78, 5) is 0. The van der Waals surface area contributed by atoms with E-state index in [0.717, 1.165) is 38.8 Å². The molecule has 106 valence electrons. The van der Waals surface area contributed by atoms with Crippen LogP contribution < -0.4 is 11.1 Å². The van der Waals surface area contributed by atoms with E-state index < -0.39 is 0 Å². The van der Waals surface area contributed by atoms with E-state index >= 15 is 0 Å². The smallest absolute Gasteiger partial charge is 0.144 e. The first-order chi connectivity index (χ1) is 8.47. The fourth-order valence-corrected chi connectivity index (χ4v) is 2.38. The number of hydrogen-bond donors (Lipinski definition) is 4. The Bertz CT molecular complexity index is 279. The Morgan fingerprint density at radius 3 is 2.67 bits per heavy atom. The van der Waals surface area contributed by atoms with Gasteiger partial charge in [0.1, 0.15) is 5.84 Å². The number of nitrogens with two attached hydrogens (primary N) is 1. The molecule has 1 fully saturated rings. The summed E-state index contributed by atoms with van der Waals surface area (Å²) < 4.78 is 0. The molecule has 0 aromatic heterocycles. The fraction of sp³-hybridized carbons (Fsp3) is 0.923. The maximum absolute atomic E-state index is 9.84. The van der Waals surface area contributed by atoms with Crippen molar-refractivity contribution in [2.45, 2.75) is 52.1 Å². The van der Waals surface area contributed by atoms with Gasteiger partial charge in [0.05, 0.1) is 6.10 Å². The summed E-state index contributed by atoms with van der Waals surface area (Å²) in [5.41, 5.74) is 5.33. The quantitative estimate of drug-likeness (QED) is 0.190. The molecule has 0 amide bonds. The van der Waals surface area contributed by atoms with Crippen molar-refractivity contribution in [2.75, 3.05) is 13.1 Å². The largest absolute Gasteiger partial charge is 0.409 e. The molecule has 0 radical (unpaired) electrons. The Morgan fingerprint density at radius 2 is 2.06 bits per heavy atom. The molecule has 1 aliphatic carbocycles. The first-order valence-corrected chi connectivity index (χ1v) is 6.84. The minimum absolute atomic E-state index is 0.150. The van der Waals surface area contributed by atoms with Crippen molar-refractivity contribution in [1.29, 1.82) is 0 Å². The second-order valence-corrected chi connectivity index (χ2v) is 5.94. The molecule has 18 heavy (non-hydrogen) atoms. The van der Waals surface area contributed by atoms with Gasteiger partial charge in [0.15, 0.2) is 0 Å². The lowest BCUT2D eigenvalue weighted by Gasteiger charge is -2.28. The molecule has 5 nitrogen and oxygen atoms in total. The van der Waals surface area contributed by atoms with Crippen LogP contribution in [0.25, 0.3) is 0 Å². The average Bonchev–Trinajstić information content (AvgIpc) is 2.35. The van der Waals surface area contributed by atoms with Gasteiger partial charge in [-0.25, -0.2) is 0 Å². The van der Waals surface area contributed by atoms with E-state index in [9.17, 15) is 5.11 Å². The summed E-state index contributed by atoms with van der Waals surface area (Å²) in [5, 5.41) is 25.0. The fourth-order valence-electron chi connectivity index (χ4n) is 2.38. The van der Waals surface area contributed by atoms with Gasteiger partial charge >= 0.3 is 0 Å². The number of aliphatic hydroxyl groups excluding tert-OH is 1. The Hall–Kier alpha value is -0.810. The van der Waals surface area contributed by atoms with Gasteiger partial charge in [0.2, 0.25) is 0 Å². The predicted molar refractivity (Wildman–Crippen MR) is 72.6 cm³/mol. The zero-order chi connectivity index (χ0) is 13.6. The zero-order valence-corrected chi connectivity index (χ0v) is 11.5. The van der Waals surface area contributed by atoms with Crippen LogP contribution in [0, 0.1) is 11.3 Å². The van der Waals surface area contributed by atoms with Crippen molar-refractivity contribution < 1.29 is 10.3 Å². The maximum atomic E-state index is 9.84. The van der Waals surface area contributed by atoms with Gasteiger partial charge in [-0.15, -0.1) is 0 Å². The van der Waals surface area contributed by atoms with Crippen LogP contribution in [0.15, 0.2) is 5.16 Å². The Labute approximate surface area is 109 Å². The molecule has 1 rings (SSSR count). The highest BCUT2D eigenvalue weighted by molar-refractivity contribution is 5.85. The lowest BCUT2D eigenvalue weighted by atomic mass is 9.86. The standard InChI is InChI=1S/C13H27N3O2/c1-13(2,12(14)16-18)7-8-15-9-10-5-3-4-6-11(10)17/h10-11,15,17-18H,3-9H2,1-2H3,(H2,14,16). The lowest BCUT2D eigenvalue weighted by molar-refractivity contribution is 0.0695. The summed E-state index contributed by atoms with van der Waals surface area (Å²) >= 11 is 0. The third kappa shape index (κ3) is 4.46. The molecular weight excluding hydrogens is 230 g/mol. The van der Waals surface area contributed by atoms with Gasteiger partial charge in [-0.2, -0.15) is 0 Å². The number of nitrogens with zero attached hydrogens (tertiary/aromatic N) is 1. The Morgan fingerprint density at radius 1 is 1.39 bits per heavy atom. The average molecular weight is 257 g/mol. The third-order valence-electron chi connectivity index (χ3n) is 4.00. The van der Waals surface area contributed by atoms with Gasteiger partial charge in [-0.3, -0.25) is 0 Å². The van der Waals surface area contributed by atoms with Crippen molar-refractivity contribution >= 4 is 5.84 Å². The monoisotopic (exact) mass is 257 g/mol. The highest BCUT2D eigenvalue weighted by Gasteiger charge is 2.25. The van der Waals surface area contributed by atoms with Crippen LogP contribution in [0.3, 0.4) is 0 Å². The molecule has 0 spiro atoms. The number of rotatable bonds is 6. The van der Waals surface area contributed by atoms with Crippen LogP contribution in [0.5, 0.6) is 0 Å². The second-order valence-electron chi connectivity index (χ2n) is 5.94. The number of aliphatic hydroxyl groups is 1. The lowest BCUT2D eigenvalue weighted by Crippen LogP contribution is -2.38. The van der Waals surface area contributed by atoms with Crippen LogP contribution in [0.2, 0.25) is 0 Å². The molecule has 0 aromatic rings. The summed E-state index contributed by atoms with van der Waals surface area (Å²) in [7, 11) is 0. The minimum atomic E-state index is -0.299. The van der Waals surface area contributed by atoms with E-state index in [4.69, 9.17) is 10.9 Å². The van der Waals surface area contributed by atoms with Crippen molar-refractivity contribution in [3.05, 3.63) is 0 Å². The summed E-state index contributed by atoms with van der Waals surface area (Å²) in [5.74, 6) is 0.646. The van der Waals surface area contributed by atoms with Crippen LogP contribution in [-0.2, 0) is 0 Å². The van der Waals surface area contributed by atoms with Gasteiger partial charge in [-0.05, 0) is 31.7 Å².